The van der Waals surface area contributed by atoms with E-state index in [1.54, 1.807) is 4.68 Å². The first-order valence-corrected chi connectivity index (χ1v) is 10.3. The maximum Gasteiger partial charge on any atom is 0.256 e. The zero-order valence-electron chi connectivity index (χ0n) is 17.2. The average Bonchev–Trinajstić information content (AvgIpc) is 3.25. The lowest BCUT2D eigenvalue weighted by Gasteiger charge is -2.29. The number of benzene rings is 2. The van der Waals surface area contributed by atoms with Crippen LogP contribution in [0, 0.1) is 0 Å². The number of rotatable bonds is 4. The minimum Gasteiger partial charge on any atom is -0.369 e. The van der Waals surface area contributed by atoms with E-state index in [0.29, 0.717) is 11.4 Å². The maximum atomic E-state index is 12.9. The Labute approximate surface area is 179 Å². The van der Waals surface area contributed by atoms with Gasteiger partial charge in [0.05, 0.1) is 11.7 Å². The number of aryl methyl sites for hydroxylation is 1. The summed E-state index contributed by atoms with van der Waals surface area (Å²) in [5.41, 5.74) is 4.49. The minimum absolute atomic E-state index is 0.200. The van der Waals surface area contributed by atoms with Crippen LogP contribution >= 0.6 is 0 Å². The Morgan fingerprint density at radius 2 is 1.90 bits per heavy atom. The number of aromatic nitrogens is 4. The Bertz CT molecular complexity index is 1240. The number of anilines is 2. The molecule has 1 aliphatic heterocycles. The van der Waals surface area contributed by atoms with E-state index in [4.69, 9.17) is 0 Å². The van der Waals surface area contributed by atoms with Gasteiger partial charge in [-0.15, -0.1) is 10.2 Å². The van der Waals surface area contributed by atoms with Gasteiger partial charge in [-0.05, 0) is 42.0 Å². The largest absolute Gasteiger partial charge is 0.369 e. The molecule has 2 aromatic heterocycles. The lowest BCUT2D eigenvalue weighted by atomic mass is 10.1. The number of nitrogens with zero attached hydrogens (tertiary/aromatic N) is 5. The number of carbonyl (C=O) groups is 1. The maximum absolute atomic E-state index is 12.9. The molecule has 156 valence electrons. The van der Waals surface area contributed by atoms with Gasteiger partial charge >= 0.3 is 0 Å². The van der Waals surface area contributed by atoms with Crippen molar-refractivity contribution in [2.45, 2.75) is 0 Å². The molecule has 1 saturated heterocycles. The van der Waals surface area contributed by atoms with Crippen molar-refractivity contribution in [3.63, 3.8) is 0 Å². The molecule has 3 heterocycles. The van der Waals surface area contributed by atoms with Gasteiger partial charge in [-0.2, -0.15) is 5.10 Å². The molecule has 31 heavy (non-hydrogen) atoms. The molecule has 0 spiro atoms. The minimum atomic E-state index is -0.200. The van der Waals surface area contributed by atoms with E-state index in [1.807, 2.05) is 68.0 Å². The molecule has 1 aliphatic rings. The van der Waals surface area contributed by atoms with Crippen LogP contribution in [-0.2, 0) is 7.05 Å². The summed E-state index contributed by atoms with van der Waals surface area (Å²) in [7, 11) is 1.89. The number of amides is 1. The normalized spacial score (nSPS) is 14.0. The van der Waals surface area contributed by atoms with E-state index < -0.39 is 0 Å². The fraction of sp³-hybridized carbons (Fsp3) is 0.217. The molecule has 1 amide bonds. The third kappa shape index (κ3) is 4.10. The highest BCUT2D eigenvalue weighted by molar-refractivity contribution is 6.05. The zero-order valence-corrected chi connectivity index (χ0v) is 17.2. The first kappa shape index (κ1) is 19.2. The van der Waals surface area contributed by atoms with Crippen LogP contribution < -0.4 is 15.5 Å². The van der Waals surface area contributed by atoms with Crippen LogP contribution in [0.4, 0.5) is 11.5 Å². The Hall–Kier alpha value is -3.78. The van der Waals surface area contributed by atoms with Crippen molar-refractivity contribution in [2.24, 2.45) is 7.05 Å². The smallest absolute Gasteiger partial charge is 0.256 e. The first-order valence-electron chi connectivity index (χ1n) is 10.3. The number of hydrogen-bond acceptors (Lipinski definition) is 6. The fourth-order valence-electron chi connectivity index (χ4n) is 3.81. The molecule has 0 bridgehead atoms. The van der Waals surface area contributed by atoms with Gasteiger partial charge in [0.15, 0.2) is 5.82 Å². The molecule has 0 radical (unpaired) electrons. The molecule has 2 aromatic carbocycles. The highest BCUT2D eigenvalue weighted by atomic mass is 16.1. The van der Waals surface area contributed by atoms with E-state index in [2.05, 4.69) is 30.8 Å². The Morgan fingerprint density at radius 1 is 1.03 bits per heavy atom. The van der Waals surface area contributed by atoms with Crippen LogP contribution in [0.3, 0.4) is 0 Å². The van der Waals surface area contributed by atoms with Crippen molar-refractivity contribution in [2.75, 3.05) is 36.4 Å². The van der Waals surface area contributed by atoms with E-state index in [9.17, 15) is 4.79 Å². The Morgan fingerprint density at radius 3 is 2.71 bits per heavy atom. The van der Waals surface area contributed by atoms with Gasteiger partial charge in [0.1, 0.15) is 0 Å². The molecule has 0 aliphatic carbocycles. The van der Waals surface area contributed by atoms with E-state index in [-0.39, 0.29) is 5.91 Å². The second-order valence-corrected chi connectivity index (χ2v) is 7.65. The van der Waals surface area contributed by atoms with Crippen LogP contribution in [0.25, 0.3) is 22.0 Å². The highest BCUT2D eigenvalue weighted by Crippen LogP contribution is 2.24. The number of nitrogens with one attached hydrogen (secondary N) is 2. The molecular formula is C23H23N7O. The standard InChI is InChI=1S/C23H23N7O/c1-29-15-19(14-25-29)16-5-6-21-18(11-16)13-22(28-27-21)26-23(31)17-3-2-4-20(12-17)30-9-7-24-8-10-30/h2-6,11-15,24H,7-10H2,1H3,(H,26,28,31). The van der Waals surface area contributed by atoms with Crippen LogP contribution in [0.1, 0.15) is 10.4 Å². The molecule has 8 nitrogen and oxygen atoms in total. The SMILES string of the molecule is Cn1cc(-c2ccc3nnc(NC(=O)c4cccc(N5CCNCC5)c4)cc3c2)cn1. The predicted molar refractivity (Wildman–Crippen MR) is 121 cm³/mol. The van der Waals surface area contributed by atoms with Crippen LogP contribution in [0.5, 0.6) is 0 Å². The van der Waals surface area contributed by atoms with Crippen molar-refractivity contribution in [3.05, 3.63) is 66.5 Å². The Kier molecular flexibility index (Phi) is 5.05. The van der Waals surface area contributed by atoms with E-state index in [1.165, 1.54) is 0 Å². The highest BCUT2D eigenvalue weighted by Gasteiger charge is 2.14. The van der Waals surface area contributed by atoms with Gasteiger partial charge < -0.3 is 15.5 Å². The number of piperazine rings is 1. The molecule has 0 saturated carbocycles. The van der Waals surface area contributed by atoms with Gasteiger partial charge in [-0.3, -0.25) is 9.48 Å². The monoisotopic (exact) mass is 413 g/mol. The van der Waals surface area contributed by atoms with E-state index >= 15 is 0 Å². The summed E-state index contributed by atoms with van der Waals surface area (Å²) < 4.78 is 1.77. The zero-order chi connectivity index (χ0) is 21.2. The van der Waals surface area contributed by atoms with Crippen molar-refractivity contribution >= 4 is 28.3 Å². The quantitative estimate of drug-likeness (QED) is 0.535. The summed E-state index contributed by atoms with van der Waals surface area (Å²) in [6.07, 6.45) is 3.79. The lowest BCUT2D eigenvalue weighted by molar-refractivity contribution is 0.102. The number of carbonyl (C=O) groups excluding carboxylic acids is 1. The van der Waals surface area contributed by atoms with Crippen LogP contribution in [-0.4, -0.2) is 52.1 Å². The third-order valence-electron chi connectivity index (χ3n) is 5.46. The predicted octanol–water partition coefficient (Wildman–Crippen LogP) is 2.69. The van der Waals surface area contributed by atoms with Crippen molar-refractivity contribution in [1.29, 1.82) is 0 Å². The summed E-state index contributed by atoms with van der Waals surface area (Å²) in [6, 6.07) is 15.5. The summed E-state index contributed by atoms with van der Waals surface area (Å²) >= 11 is 0. The molecule has 2 N–H and O–H groups in total. The summed E-state index contributed by atoms with van der Waals surface area (Å²) in [4.78, 5) is 15.1. The van der Waals surface area contributed by atoms with E-state index in [0.717, 1.165) is 53.9 Å². The number of hydrogen-bond donors (Lipinski definition) is 2. The van der Waals surface area contributed by atoms with Crippen LogP contribution in [0.2, 0.25) is 0 Å². The van der Waals surface area contributed by atoms with Crippen LogP contribution in [0.15, 0.2) is 60.9 Å². The summed E-state index contributed by atoms with van der Waals surface area (Å²) in [6.45, 7) is 3.76. The van der Waals surface area contributed by atoms with Gasteiger partial charge in [0, 0.05) is 61.6 Å². The molecule has 1 fully saturated rings. The second kappa shape index (κ2) is 8.16. The first-order chi connectivity index (χ1) is 15.2. The number of fused-ring (bicyclic) bond motifs is 1. The summed E-state index contributed by atoms with van der Waals surface area (Å²) in [5, 5.41) is 19.8. The fourth-order valence-corrected chi connectivity index (χ4v) is 3.81. The molecule has 0 atom stereocenters. The molecule has 4 aromatic rings. The lowest BCUT2D eigenvalue weighted by Crippen LogP contribution is -2.43. The van der Waals surface area contributed by atoms with Gasteiger partial charge in [0.2, 0.25) is 0 Å². The third-order valence-corrected chi connectivity index (χ3v) is 5.46. The van der Waals surface area contributed by atoms with Crippen molar-refractivity contribution in [3.8, 4) is 11.1 Å². The molecular weight excluding hydrogens is 390 g/mol. The van der Waals surface area contributed by atoms with Gasteiger partial charge in [-0.25, -0.2) is 0 Å². The molecule has 5 rings (SSSR count). The molecule has 0 unspecified atom stereocenters. The van der Waals surface area contributed by atoms with Gasteiger partial charge in [-0.1, -0.05) is 12.1 Å². The molecule has 8 heteroatoms. The second-order valence-electron chi connectivity index (χ2n) is 7.65. The van der Waals surface area contributed by atoms with Gasteiger partial charge in [0.25, 0.3) is 5.91 Å². The van der Waals surface area contributed by atoms with Crippen molar-refractivity contribution in [1.82, 2.24) is 25.3 Å². The summed E-state index contributed by atoms with van der Waals surface area (Å²) in [5.74, 6) is 0.225. The van der Waals surface area contributed by atoms with Crippen molar-refractivity contribution < 1.29 is 4.79 Å². The topological polar surface area (TPSA) is 88.0 Å². The average molecular weight is 413 g/mol. The Balaban J connectivity index is 1.37.